The first-order valence-electron chi connectivity index (χ1n) is 11.6. The number of carbonyl (C=O) groups excluding carboxylic acids is 1. The number of allylic oxidation sites excluding steroid dienone is 3. The van der Waals surface area contributed by atoms with Gasteiger partial charge in [-0.2, -0.15) is 0 Å². The number of ketones is 1. The second kappa shape index (κ2) is 7.86. The van der Waals surface area contributed by atoms with Crippen LogP contribution in [0, 0.1) is 17.3 Å². The van der Waals surface area contributed by atoms with Gasteiger partial charge in [-0.05, 0) is 68.0 Å². The third kappa shape index (κ3) is 3.46. The first kappa shape index (κ1) is 20.9. The zero-order chi connectivity index (χ0) is 21.8. The molecule has 0 amide bonds. The SMILES string of the molecule is CO[C@@H]1C[C@H]2[C@@H]3OC4=C(C=C3CC[C@]2(C)[C@H]1c1cccnc1)C(=O)CC(CN(C)C)C4. The number of hydrogen-bond donors (Lipinski definition) is 0. The Kier molecular flexibility index (Phi) is 5.30. The second-order valence-corrected chi connectivity index (χ2v) is 10.4. The predicted molar refractivity (Wildman–Crippen MR) is 119 cm³/mol. The van der Waals surface area contributed by atoms with Gasteiger partial charge in [0.1, 0.15) is 11.9 Å². The van der Waals surface area contributed by atoms with Crippen LogP contribution in [0.15, 0.2) is 47.5 Å². The van der Waals surface area contributed by atoms with Gasteiger partial charge in [0.05, 0.1) is 11.7 Å². The number of fused-ring (bicyclic) bond motifs is 3. The number of carbonyl (C=O) groups is 1. The number of nitrogens with zero attached hydrogens (tertiary/aromatic N) is 2. The Hall–Kier alpha value is -1.98. The summed E-state index contributed by atoms with van der Waals surface area (Å²) in [5.74, 6) is 2.21. The van der Waals surface area contributed by atoms with Gasteiger partial charge in [-0.25, -0.2) is 0 Å². The van der Waals surface area contributed by atoms with Crippen molar-refractivity contribution in [1.82, 2.24) is 9.88 Å². The van der Waals surface area contributed by atoms with E-state index in [1.807, 2.05) is 25.6 Å². The highest BCUT2D eigenvalue weighted by Crippen LogP contribution is 2.62. The highest BCUT2D eigenvalue weighted by atomic mass is 16.5. The minimum absolute atomic E-state index is 0.0581. The molecule has 3 aliphatic carbocycles. The third-order valence-corrected chi connectivity index (χ3v) is 8.22. The van der Waals surface area contributed by atoms with Gasteiger partial charge in [-0.3, -0.25) is 9.78 Å². The van der Waals surface area contributed by atoms with Crippen LogP contribution in [0.4, 0.5) is 0 Å². The van der Waals surface area contributed by atoms with Crippen LogP contribution in [-0.4, -0.2) is 55.6 Å². The van der Waals surface area contributed by atoms with E-state index in [4.69, 9.17) is 9.47 Å². The molecule has 1 aliphatic heterocycles. The fraction of sp³-hybridized carbons (Fsp3) is 0.615. The molecule has 2 saturated carbocycles. The molecule has 6 atom stereocenters. The average Bonchev–Trinajstić information content (AvgIpc) is 3.05. The van der Waals surface area contributed by atoms with Crippen molar-refractivity contribution in [3.8, 4) is 0 Å². The third-order valence-electron chi connectivity index (χ3n) is 8.22. The van der Waals surface area contributed by atoms with Gasteiger partial charge in [0, 0.05) is 50.7 Å². The van der Waals surface area contributed by atoms with E-state index in [1.54, 1.807) is 0 Å². The number of Topliss-reactive ketones (excluding diaryl/α,β-unsaturated/α-hetero) is 1. The highest BCUT2D eigenvalue weighted by Gasteiger charge is 2.59. The first-order valence-corrected chi connectivity index (χ1v) is 11.6. The van der Waals surface area contributed by atoms with E-state index in [2.05, 4.69) is 43.0 Å². The summed E-state index contributed by atoms with van der Waals surface area (Å²) in [6, 6.07) is 4.22. The molecule has 31 heavy (non-hydrogen) atoms. The van der Waals surface area contributed by atoms with Crippen LogP contribution in [0.3, 0.4) is 0 Å². The molecule has 166 valence electrons. The quantitative estimate of drug-likeness (QED) is 0.731. The van der Waals surface area contributed by atoms with E-state index in [1.165, 1.54) is 11.1 Å². The second-order valence-electron chi connectivity index (χ2n) is 10.4. The van der Waals surface area contributed by atoms with Crippen LogP contribution < -0.4 is 0 Å². The molecular formula is C26H34N2O3. The fourth-order valence-electron chi connectivity index (χ4n) is 6.86. The van der Waals surface area contributed by atoms with Crippen molar-refractivity contribution >= 4 is 5.78 Å². The minimum Gasteiger partial charge on any atom is -0.489 e. The summed E-state index contributed by atoms with van der Waals surface area (Å²) in [6.07, 6.45) is 10.8. The zero-order valence-electron chi connectivity index (χ0n) is 19.1. The number of aromatic nitrogens is 1. The van der Waals surface area contributed by atoms with Crippen molar-refractivity contribution in [3.63, 3.8) is 0 Å². The summed E-state index contributed by atoms with van der Waals surface area (Å²) < 4.78 is 12.8. The molecule has 0 spiro atoms. The Labute approximate surface area is 185 Å². The van der Waals surface area contributed by atoms with E-state index in [0.29, 0.717) is 24.2 Å². The number of ether oxygens (including phenoxy) is 2. The van der Waals surface area contributed by atoms with E-state index in [-0.39, 0.29) is 23.4 Å². The Morgan fingerprint density at radius 3 is 2.87 bits per heavy atom. The van der Waals surface area contributed by atoms with Crippen molar-refractivity contribution in [2.75, 3.05) is 27.7 Å². The van der Waals surface area contributed by atoms with Crippen molar-refractivity contribution < 1.29 is 14.3 Å². The molecule has 0 aromatic carbocycles. The molecular weight excluding hydrogens is 388 g/mol. The fourth-order valence-corrected chi connectivity index (χ4v) is 6.86. The molecule has 2 fully saturated rings. The number of rotatable bonds is 4. The van der Waals surface area contributed by atoms with Crippen LogP contribution in [0.2, 0.25) is 0 Å². The monoisotopic (exact) mass is 422 g/mol. The minimum atomic E-state index is 0.0581. The van der Waals surface area contributed by atoms with E-state index in [0.717, 1.165) is 43.6 Å². The standard InChI is InChI=1S/C26H34N2O3/c1-26-8-7-17-12-19-21(29)10-16(15-28(2)3)11-22(19)31-25(17)20(26)13-23(30-4)24(26)18-6-5-9-27-14-18/h5-6,9,12,14,16,20,23-25H,7-8,10-11,13,15H2,1-4H3/t16?,20-,23+,24-,25+,26-/m0/s1. The number of methoxy groups -OCH3 is 1. The van der Waals surface area contributed by atoms with Crippen LogP contribution >= 0.6 is 0 Å². The molecule has 1 aromatic rings. The zero-order valence-corrected chi connectivity index (χ0v) is 19.1. The lowest BCUT2D eigenvalue weighted by Crippen LogP contribution is -2.44. The predicted octanol–water partition coefficient (Wildman–Crippen LogP) is 4.12. The maximum absolute atomic E-state index is 12.9. The Morgan fingerprint density at radius 2 is 2.16 bits per heavy atom. The van der Waals surface area contributed by atoms with Crippen LogP contribution in [0.1, 0.15) is 50.5 Å². The molecule has 0 N–H and O–H groups in total. The Morgan fingerprint density at radius 1 is 1.32 bits per heavy atom. The molecule has 4 aliphatic rings. The normalized spacial score (nSPS) is 37.1. The number of pyridine rings is 1. The molecule has 0 bridgehead atoms. The molecule has 5 nitrogen and oxygen atoms in total. The Balaban J connectivity index is 1.45. The molecule has 5 rings (SSSR count). The largest absolute Gasteiger partial charge is 0.489 e. The lowest BCUT2D eigenvalue weighted by molar-refractivity contribution is -0.117. The van der Waals surface area contributed by atoms with Crippen molar-refractivity contribution in [2.24, 2.45) is 17.3 Å². The maximum atomic E-state index is 12.9. The number of hydrogen-bond acceptors (Lipinski definition) is 5. The smallest absolute Gasteiger partial charge is 0.166 e. The average molecular weight is 423 g/mol. The summed E-state index contributed by atoms with van der Waals surface area (Å²) in [6.45, 7) is 3.34. The van der Waals surface area contributed by atoms with Crippen molar-refractivity contribution in [1.29, 1.82) is 0 Å². The van der Waals surface area contributed by atoms with Crippen LogP contribution in [0.25, 0.3) is 0 Å². The summed E-state index contributed by atoms with van der Waals surface area (Å²) >= 11 is 0. The van der Waals surface area contributed by atoms with E-state index >= 15 is 0 Å². The maximum Gasteiger partial charge on any atom is 0.166 e. The molecule has 1 aromatic heterocycles. The van der Waals surface area contributed by atoms with Gasteiger partial charge in [-0.1, -0.05) is 13.0 Å². The highest BCUT2D eigenvalue weighted by molar-refractivity contribution is 6.00. The first-order chi connectivity index (χ1) is 14.9. The van der Waals surface area contributed by atoms with E-state index in [9.17, 15) is 4.79 Å². The molecule has 5 heteroatoms. The van der Waals surface area contributed by atoms with Crippen molar-refractivity contribution in [2.45, 2.75) is 57.2 Å². The van der Waals surface area contributed by atoms with Gasteiger partial charge in [0.25, 0.3) is 0 Å². The lowest BCUT2D eigenvalue weighted by atomic mass is 9.61. The van der Waals surface area contributed by atoms with Gasteiger partial charge >= 0.3 is 0 Å². The van der Waals surface area contributed by atoms with E-state index < -0.39 is 0 Å². The van der Waals surface area contributed by atoms with Gasteiger partial charge in [0.2, 0.25) is 0 Å². The van der Waals surface area contributed by atoms with Crippen LogP contribution in [0.5, 0.6) is 0 Å². The van der Waals surface area contributed by atoms with Gasteiger partial charge < -0.3 is 14.4 Å². The van der Waals surface area contributed by atoms with Crippen molar-refractivity contribution in [3.05, 3.63) is 53.1 Å². The van der Waals surface area contributed by atoms with Gasteiger partial charge in [0.15, 0.2) is 5.78 Å². The molecule has 1 unspecified atom stereocenters. The lowest BCUT2D eigenvalue weighted by Gasteiger charge is -2.48. The molecule has 0 radical (unpaired) electrons. The summed E-state index contributed by atoms with van der Waals surface area (Å²) in [5.41, 5.74) is 3.50. The van der Waals surface area contributed by atoms with Gasteiger partial charge in [-0.15, -0.1) is 0 Å². The summed E-state index contributed by atoms with van der Waals surface area (Å²) in [7, 11) is 5.98. The van der Waals surface area contributed by atoms with Crippen LogP contribution in [-0.2, 0) is 14.3 Å². The summed E-state index contributed by atoms with van der Waals surface area (Å²) in [5, 5.41) is 0. The molecule has 0 saturated heterocycles. The topological polar surface area (TPSA) is 51.7 Å². The summed E-state index contributed by atoms with van der Waals surface area (Å²) in [4.78, 5) is 19.5. The Bertz CT molecular complexity index is 922. The molecule has 2 heterocycles.